The van der Waals surface area contributed by atoms with Gasteiger partial charge in [0.1, 0.15) is 0 Å². The summed E-state index contributed by atoms with van der Waals surface area (Å²) in [4.78, 5) is 12.4. The van der Waals surface area contributed by atoms with Crippen LogP contribution in [0.15, 0.2) is 122 Å². The Hall–Kier alpha value is -3.21. The summed E-state index contributed by atoms with van der Waals surface area (Å²) < 4.78 is 0. The topological polar surface area (TPSA) is 69.6 Å². The maximum atomic E-state index is 12.4. The molecular formula is C51H83NO3. The van der Waals surface area contributed by atoms with Gasteiger partial charge in [-0.2, -0.15) is 0 Å². The first-order valence-electron chi connectivity index (χ1n) is 22.2. The van der Waals surface area contributed by atoms with Crippen LogP contribution in [0.2, 0.25) is 0 Å². The monoisotopic (exact) mass is 758 g/mol. The molecule has 2 unspecified atom stereocenters. The second-order valence-corrected chi connectivity index (χ2v) is 14.4. The molecule has 0 rings (SSSR count). The van der Waals surface area contributed by atoms with E-state index in [1.807, 2.05) is 6.08 Å². The first-order chi connectivity index (χ1) is 27.2. The third kappa shape index (κ3) is 41.8. The molecule has 310 valence electrons. The van der Waals surface area contributed by atoms with Crippen LogP contribution in [0.25, 0.3) is 0 Å². The van der Waals surface area contributed by atoms with Gasteiger partial charge in [-0.25, -0.2) is 0 Å². The van der Waals surface area contributed by atoms with Crippen molar-refractivity contribution in [3.05, 3.63) is 122 Å². The predicted octanol–water partition coefficient (Wildman–Crippen LogP) is 14.2. The Labute approximate surface area is 339 Å². The van der Waals surface area contributed by atoms with Crippen molar-refractivity contribution in [2.24, 2.45) is 0 Å². The Morgan fingerprint density at radius 1 is 0.455 bits per heavy atom. The fourth-order valence-electron chi connectivity index (χ4n) is 5.82. The second-order valence-electron chi connectivity index (χ2n) is 14.4. The molecule has 0 spiro atoms. The fraction of sp³-hybridized carbons (Fsp3) is 0.588. The van der Waals surface area contributed by atoms with Gasteiger partial charge in [-0.1, -0.05) is 206 Å². The number of carbonyl (C=O) groups is 1. The summed E-state index contributed by atoms with van der Waals surface area (Å²) in [5.74, 6) is -0.128. The van der Waals surface area contributed by atoms with Gasteiger partial charge >= 0.3 is 0 Å². The summed E-state index contributed by atoms with van der Waals surface area (Å²) in [6.07, 6.45) is 70.2. The van der Waals surface area contributed by atoms with Crippen LogP contribution in [0.5, 0.6) is 0 Å². The van der Waals surface area contributed by atoms with Gasteiger partial charge in [-0.15, -0.1) is 0 Å². The molecule has 0 aliphatic rings. The summed E-state index contributed by atoms with van der Waals surface area (Å²) in [7, 11) is 0. The minimum absolute atomic E-state index is 0.128. The summed E-state index contributed by atoms with van der Waals surface area (Å²) >= 11 is 0. The van der Waals surface area contributed by atoms with Gasteiger partial charge in [0, 0.05) is 6.42 Å². The number of hydrogen-bond acceptors (Lipinski definition) is 3. The average Bonchev–Trinajstić information content (AvgIpc) is 3.19. The molecule has 0 fully saturated rings. The molecule has 0 aliphatic heterocycles. The van der Waals surface area contributed by atoms with E-state index in [1.165, 1.54) is 70.6 Å². The van der Waals surface area contributed by atoms with Crippen molar-refractivity contribution in [3.8, 4) is 0 Å². The summed E-state index contributed by atoms with van der Waals surface area (Å²) in [5, 5.41) is 22.9. The van der Waals surface area contributed by atoms with Crippen LogP contribution in [-0.4, -0.2) is 34.9 Å². The summed E-state index contributed by atoms with van der Waals surface area (Å²) in [6, 6.07) is -0.661. The minimum atomic E-state index is -0.871. The second kappa shape index (κ2) is 45.2. The molecule has 0 heterocycles. The fourth-order valence-corrected chi connectivity index (χ4v) is 5.82. The molecule has 0 aromatic heterocycles. The molecule has 0 bridgehead atoms. The van der Waals surface area contributed by atoms with Gasteiger partial charge in [-0.3, -0.25) is 4.79 Å². The zero-order chi connectivity index (χ0) is 40.0. The van der Waals surface area contributed by atoms with E-state index >= 15 is 0 Å². The zero-order valence-corrected chi connectivity index (χ0v) is 35.4. The molecule has 0 aromatic rings. The number of nitrogens with one attached hydrogen (secondary N) is 1. The third-order valence-corrected chi connectivity index (χ3v) is 9.20. The normalized spacial score (nSPS) is 14.2. The van der Waals surface area contributed by atoms with E-state index in [-0.39, 0.29) is 12.5 Å². The Balaban J connectivity index is 3.79. The van der Waals surface area contributed by atoms with Gasteiger partial charge < -0.3 is 15.5 Å². The maximum Gasteiger partial charge on any atom is 0.220 e. The van der Waals surface area contributed by atoms with Crippen molar-refractivity contribution in [1.82, 2.24) is 5.32 Å². The lowest BCUT2D eigenvalue weighted by molar-refractivity contribution is -0.122. The van der Waals surface area contributed by atoms with Gasteiger partial charge in [0.2, 0.25) is 5.91 Å². The maximum absolute atomic E-state index is 12.4. The standard InChI is InChI=1S/C51H83NO3/c1-3-5-7-9-11-13-15-17-19-20-21-22-23-24-25-26-27-28-29-30-31-32-33-35-37-39-41-43-45-47-51(55)52-49(48-53)50(54)46-44-42-40-38-36-34-18-16-14-12-10-8-6-4-2/h5,7,11,13,17,19,21-22,24-25,27-28,30-31,33,35,39,41,44,46,49-50,53-54H,3-4,6,8-10,12,14-16,18,20,23,26,29,32,34,36-38,40,42-43,45,47-48H2,1-2H3,(H,52,55)/b7-5-,13-11-,19-17-,22-21-,25-24-,28-27-,31-30-,35-33-,41-39-,46-44+. The molecule has 0 saturated heterocycles. The highest BCUT2D eigenvalue weighted by Gasteiger charge is 2.17. The van der Waals surface area contributed by atoms with Crippen LogP contribution in [0.3, 0.4) is 0 Å². The lowest BCUT2D eigenvalue weighted by atomic mass is 10.0. The molecule has 4 heteroatoms. The third-order valence-electron chi connectivity index (χ3n) is 9.20. The Morgan fingerprint density at radius 2 is 0.800 bits per heavy atom. The molecule has 0 aliphatic carbocycles. The van der Waals surface area contributed by atoms with Gasteiger partial charge in [0.25, 0.3) is 0 Å². The Kier molecular flexibility index (Phi) is 42.5. The van der Waals surface area contributed by atoms with Gasteiger partial charge in [-0.05, 0) is 83.5 Å². The van der Waals surface area contributed by atoms with Crippen molar-refractivity contribution in [2.45, 2.75) is 187 Å². The van der Waals surface area contributed by atoms with E-state index < -0.39 is 12.1 Å². The minimum Gasteiger partial charge on any atom is -0.394 e. The number of hydrogen-bond donors (Lipinski definition) is 3. The van der Waals surface area contributed by atoms with E-state index in [9.17, 15) is 15.0 Å². The quantitative estimate of drug-likeness (QED) is 0.0434. The van der Waals surface area contributed by atoms with E-state index in [1.54, 1.807) is 6.08 Å². The molecular weight excluding hydrogens is 675 g/mol. The van der Waals surface area contributed by atoms with Gasteiger partial charge in [0.15, 0.2) is 0 Å². The first kappa shape index (κ1) is 51.8. The lowest BCUT2D eigenvalue weighted by Gasteiger charge is -2.19. The van der Waals surface area contributed by atoms with E-state index in [0.29, 0.717) is 6.42 Å². The molecule has 0 radical (unpaired) electrons. The number of aliphatic hydroxyl groups excluding tert-OH is 2. The molecule has 2 atom stereocenters. The zero-order valence-electron chi connectivity index (χ0n) is 35.4. The van der Waals surface area contributed by atoms with Crippen LogP contribution in [0.4, 0.5) is 0 Å². The highest BCUT2D eigenvalue weighted by molar-refractivity contribution is 5.76. The molecule has 0 saturated carbocycles. The molecule has 55 heavy (non-hydrogen) atoms. The van der Waals surface area contributed by atoms with Crippen molar-refractivity contribution >= 4 is 5.91 Å². The largest absolute Gasteiger partial charge is 0.394 e. The molecule has 3 N–H and O–H groups in total. The van der Waals surface area contributed by atoms with Crippen LogP contribution < -0.4 is 5.32 Å². The number of carbonyl (C=O) groups excluding carboxylic acids is 1. The van der Waals surface area contributed by atoms with Crippen molar-refractivity contribution in [1.29, 1.82) is 0 Å². The van der Waals surface area contributed by atoms with Crippen molar-refractivity contribution < 1.29 is 15.0 Å². The molecule has 4 nitrogen and oxygen atoms in total. The van der Waals surface area contributed by atoms with Crippen LogP contribution in [0, 0.1) is 0 Å². The molecule has 1 amide bonds. The average molecular weight is 758 g/mol. The number of amides is 1. The van der Waals surface area contributed by atoms with Crippen molar-refractivity contribution in [3.63, 3.8) is 0 Å². The Bertz CT molecular complexity index is 1130. The number of aliphatic hydroxyl groups is 2. The van der Waals surface area contributed by atoms with E-state index in [4.69, 9.17) is 0 Å². The smallest absolute Gasteiger partial charge is 0.220 e. The van der Waals surface area contributed by atoms with Crippen LogP contribution in [-0.2, 0) is 4.79 Å². The predicted molar refractivity (Wildman–Crippen MR) is 243 cm³/mol. The number of rotatable bonds is 38. The van der Waals surface area contributed by atoms with E-state index in [0.717, 1.165) is 83.5 Å². The first-order valence-corrected chi connectivity index (χ1v) is 22.2. The van der Waals surface area contributed by atoms with Crippen LogP contribution in [0.1, 0.15) is 174 Å². The SMILES string of the molecule is CC/C=C\C/C=C\C/C=C\C/C=C\C/C=C\C/C=C\C/C=C\C/C=C\C/C=C\CCCC(=O)NC(CO)C(O)/C=C/CCCCCCCCCCCCCC. The summed E-state index contributed by atoms with van der Waals surface area (Å²) in [5.41, 5.74) is 0. The highest BCUT2D eigenvalue weighted by atomic mass is 16.3. The van der Waals surface area contributed by atoms with Crippen LogP contribution >= 0.6 is 0 Å². The highest BCUT2D eigenvalue weighted by Crippen LogP contribution is 2.13. The summed E-state index contributed by atoms with van der Waals surface area (Å²) in [6.45, 7) is 4.15. The molecule has 0 aromatic carbocycles. The lowest BCUT2D eigenvalue weighted by Crippen LogP contribution is -2.45. The number of allylic oxidation sites excluding steroid dienone is 19. The van der Waals surface area contributed by atoms with E-state index in [2.05, 4.69) is 129 Å². The van der Waals surface area contributed by atoms with Gasteiger partial charge in [0.05, 0.1) is 18.8 Å². The Morgan fingerprint density at radius 3 is 1.18 bits per heavy atom. The van der Waals surface area contributed by atoms with Crippen molar-refractivity contribution in [2.75, 3.05) is 6.61 Å². The number of unbranched alkanes of at least 4 members (excludes halogenated alkanes) is 13.